The molecule has 3 rings (SSSR count). The van der Waals surface area contributed by atoms with E-state index < -0.39 is 0 Å². The van der Waals surface area contributed by atoms with E-state index in [0.29, 0.717) is 22.3 Å². The molecule has 0 spiro atoms. The molecule has 0 atom stereocenters. The van der Waals surface area contributed by atoms with Crippen LogP contribution in [0.1, 0.15) is 18.1 Å². The van der Waals surface area contributed by atoms with Gasteiger partial charge in [-0.05, 0) is 36.2 Å². The van der Waals surface area contributed by atoms with Gasteiger partial charge >= 0.3 is 5.97 Å². The highest BCUT2D eigenvalue weighted by molar-refractivity contribution is 8.03. The molecule has 1 N–H and O–H groups in total. The van der Waals surface area contributed by atoms with Crippen molar-refractivity contribution in [3.8, 4) is 0 Å². The number of hydrogen-bond acceptors (Lipinski definition) is 4. The van der Waals surface area contributed by atoms with E-state index in [1.165, 1.54) is 11.8 Å². The molecule has 2 aromatic carbocycles. The number of anilines is 1. The second-order valence-electron chi connectivity index (χ2n) is 5.00. The van der Waals surface area contributed by atoms with Crippen molar-refractivity contribution in [1.29, 1.82) is 0 Å². The molecule has 1 heterocycles. The van der Waals surface area contributed by atoms with E-state index in [0.717, 1.165) is 22.5 Å². The van der Waals surface area contributed by atoms with Crippen molar-refractivity contribution in [2.75, 3.05) is 11.9 Å². The SMILES string of the molecule is CCOC(=O)C1=C(c2ccc(Cl)cc2)Nc2ccccc2CS1. The van der Waals surface area contributed by atoms with E-state index in [9.17, 15) is 4.79 Å². The average molecular weight is 346 g/mol. The van der Waals surface area contributed by atoms with Gasteiger partial charge in [-0.1, -0.05) is 41.9 Å². The number of esters is 1. The van der Waals surface area contributed by atoms with Crippen molar-refractivity contribution >= 4 is 40.7 Å². The summed E-state index contributed by atoms with van der Waals surface area (Å²) >= 11 is 7.47. The molecule has 0 unspecified atom stereocenters. The summed E-state index contributed by atoms with van der Waals surface area (Å²) in [5, 5.41) is 4.06. The zero-order valence-electron chi connectivity index (χ0n) is 12.6. The molecule has 0 amide bonds. The summed E-state index contributed by atoms with van der Waals surface area (Å²) in [6, 6.07) is 15.5. The Morgan fingerprint density at radius 3 is 2.70 bits per heavy atom. The van der Waals surface area contributed by atoms with Gasteiger partial charge in [-0.2, -0.15) is 0 Å². The number of benzene rings is 2. The van der Waals surface area contributed by atoms with Crippen LogP contribution in [-0.4, -0.2) is 12.6 Å². The highest BCUT2D eigenvalue weighted by Gasteiger charge is 2.23. The molecular formula is C18H16ClNO2S. The number of hydrogen-bond donors (Lipinski definition) is 1. The summed E-state index contributed by atoms with van der Waals surface area (Å²) in [6.07, 6.45) is 0. The van der Waals surface area contributed by atoms with Crippen LogP contribution in [0, 0.1) is 0 Å². The summed E-state index contributed by atoms with van der Waals surface area (Å²) in [6.45, 7) is 2.16. The minimum atomic E-state index is -0.303. The first-order chi connectivity index (χ1) is 11.2. The van der Waals surface area contributed by atoms with E-state index >= 15 is 0 Å². The Morgan fingerprint density at radius 1 is 1.22 bits per heavy atom. The van der Waals surface area contributed by atoms with Crippen molar-refractivity contribution in [1.82, 2.24) is 0 Å². The Bertz CT molecular complexity index is 756. The number of rotatable bonds is 3. The van der Waals surface area contributed by atoms with Crippen LogP contribution in [0.25, 0.3) is 5.70 Å². The van der Waals surface area contributed by atoms with Gasteiger partial charge in [0.05, 0.1) is 12.3 Å². The lowest BCUT2D eigenvalue weighted by molar-refractivity contribution is -0.137. The van der Waals surface area contributed by atoms with Crippen LogP contribution in [0.4, 0.5) is 5.69 Å². The number of nitrogens with one attached hydrogen (secondary N) is 1. The minimum absolute atomic E-state index is 0.303. The maximum atomic E-state index is 12.4. The maximum Gasteiger partial charge on any atom is 0.346 e. The van der Waals surface area contributed by atoms with E-state index in [1.807, 2.05) is 49.4 Å². The second-order valence-corrected chi connectivity index (χ2v) is 6.42. The van der Waals surface area contributed by atoms with Crippen LogP contribution < -0.4 is 5.32 Å². The number of ether oxygens (including phenoxy) is 1. The molecule has 3 nitrogen and oxygen atoms in total. The van der Waals surface area contributed by atoms with Crippen molar-refractivity contribution in [3.63, 3.8) is 0 Å². The third-order valence-corrected chi connectivity index (χ3v) is 4.84. The fourth-order valence-corrected chi connectivity index (χ4v) is 3.53. The molecule has 23 heavy (non-hydrogen) atoms. The van der Waals surface area contributed by atoms with Crippen molar-refractivity contribution in [2.24, 2.45) is 0 Å². The lowest BCUT2D eigenvalue weighted by Gasteiger charge is -2.14. The topological polar surface area (TPSA) is 38.3 Å². The molecule has 0 saturated carbocycles. The zero-order chi connectivity index (χ0) is 16.2. The molecule has 0 saturated heterocycles. The Morgan fingerprint density at radius 2 is 1.96 bits per heavy atom. The van der Waals surface area contributed by atoms with Gasteiger partial charge in [0.2, 0.25) is 0 Å². The lowest BCUT2D eigenvalue weighted by atomic mass is 10.1. The van der Waals surface area contributed by atoms with Crippen molar-refractivity contribution < 1.29 is 9.53 Å². The van der Waals surface area contributed by atoms with E-state index in [4.69, 9.17) is 16.3 Å². The van der Waals surface area contributed by atoms with Crippen LogP contribution in [0.3, 0.4) is 0 Å². The van der Waals surface area contributed by atoms with E-state index in [-0.39, 0.29) is 5.97 Å². The summed E-state index contributed by atoms with van der Waals surface area (Å²) < 4.78 is 5.23. The summed E-state index contributed by atoms with van der Waals surface area (Å²) in [4.78, 5) is 13.0. The maximum absolute atomic E-state index is 12.4. The first-order valence-corrected chi connectivity index (χ1v) is 8.70. The predicted molar refractivity (Wildman–Crippen MR) is 96.4 cm³/mol. The van der Waals surface area contributed by atoms with Crippen molar-refractivity contribution in [2.45, 2.75) is 12.7 Å². The third kappa shape index (κ3) is 3.54. The normalized spacial score (nSPS) is 13.8. The van der Waals surface area contributed by atoms with Crippen LogP contribution in [0.2, 0.25) is 5.02 Å². The highest BCUT2D eigenvalue weighted by atomic mass is 35.5. The quantitative estimate of drug-likeness (QED) is 0.800. The molecule has 0 aliphatic carbocycles. The smallest absolute Gasteiger partial charge is 0.346 e. The van der Waals surface area contributed by atoms with Crippen molar-refractivity contribution in [3.05, 3.63) is 69.6 Å². The first-order valence-electron chi connectivity index (χ1n) is 7.34. The van der Waals surface area contributed by atoms with Gasteiger partial charge in [0.25, 0.3) is 0 Å². The zero-order valence-corrected chi connectivity index (χ0v) is 14.2. The van der Waals surface area contributed by atoms with Crippen LogP contribution in [-0.2, 0) is 15.3 Å². The van der Waals surface area contributed by atoms with Crippen LogP contribution >= 0.6 is 23.4 Å². The first kappa shape index (κ1) is 16.0. The van der Waals surface area contributed by atoms with Gasteiger partial charge in [0.1, 0.15) is 4.91 Å². The Kier molecular flexibility index (Phi) is 4.94. The predicted octanol–water partition coefficient (Wildman–Crippen LogP) is 4.93. The van der Waals surface area contributed by atoms with E-state index in [2.05, 4.69) is 11.4 Å². The number of para-hydroxylation sites is 1. The summed E-state index contributed by atoms with van der Waals surface area (Å²) in [5.41, 5.74) is 3.82. The monoisotopic (exact) mass is 345 g/mol. The van der Waals surface area contributed by atoms with Gasteiger partial charge in [-0.15, -0.1) is 11.8 Å². The molecule has 0 radical (unpaired) electrons. The summed E-state index contributed by atoms with van der Waals surface area (Å²) in [5.74, 6) is 0.414. The fourth-order valence-electron chi connectivity index (χ4n) is 2.36. The van der Waals surface area contributed by atoms with Gasteiger partial charge in [-0.3, -0.25) is 0 Å². The fraction of sp³-hybridized carbons (Fsp3) is 0.167. The number of carbonyl (C=O) groups excluding carboxylic acids is 1. The number of halogens is 1. The number of carbonyl (C=O) groups is 1. The van der Waals surface area contributed by atoms with Gasteiger partial charge in [0, 0.05) is 16.5 Å². The lowest BCUT2D eigenvalue weighted by Crippen LogP contribution is -2.10. The average Bonchev–Trinajstić information content (AvgIpc) is 2.75. The molecule has 5 heteroatoms. The van der Waals surface area contributed by atoms with Crippen LogP contribution in [0.5, 0.6) is 0 Å². The van der Waals surface area contributed by atoms with Gasteiger partial charge in [0.15, 0.2) is 0 Å². The molecule has 0 aromatic heterocycles. The molecule has 0 fully saturated rings. The number of fused-ring (bicyclic) bond motifs is 1. The minimum Gasteiger partial charge on any atom is -0.462 e. The molecular weight excluding hydrogens is 330 g/mol. The molecule has 1 aliphatic heterocycles. The summed E-state index contributed by atoms with van der Waals surface area (Å²) in [7, 11) is 0. The van der Waals surface area contributed by atoms with Crippen LogP contribution in [0.15, 0.2) is 53.4 Å². The van der Waals surface area contributed by atoms with Gasteiger partial charge in [-0.25, -0.2) is 4.79 Å². The molecule has 2 aromatic rings. The second kappa shape index (κ2) is 7.11. The highest BCUT2D eigenvalue weighted by Crippen LogP contribution is 2.37. The molecule has 1 aliphatic rings. The standard InChI is InChI=1S/C18H16ClNO2S/c1-2-22-18(21)17-16(12-7-9-14(19)10-8-12)20-15-6-4-3-5-13(15)11-23-17/h3-10,20H,2,11H2,1H3. The van der Waals surface area contributed by atoms with Gasteiger partial charge < -0.3 is 10.1 Å². The molecule has 118 valence electrons. The Labute approximate surface area is 144 Å². The molecule has 0 bridgehead atoms. The number of thioether (sulfide) groups is 1. The largest absolute Gasteiger partial charge is 0.462 e. The van der Waals surface area contributed by atoms with E-state index in [1.54, 1.807) is 0 Å². The Balaban J connectivity index is 2.08. The third-order valence-electron chi connectivity index (χ3n) is 3.47. The Hall–Kier alpha value is -1.91.